The minimum atomic E-state index is 0. The van der Waals surface area contributed by atoms with Crippen molar-refractivity contribution in [3.63, 3.8) is 0 Å². The molecule has 0 saturated carbocycles. The Hall–Kier alpha value is -0.888. The topological polar surface area (TPSA) is 52.9 Å². The van der Waals surface area contributed by atoms with Crippen LogP contribution < -0.4 is 5.17 Å². The van der Waals surface area contributed by atoms with Crippen LogP contribution in [0.25, 0.3) is 0 Å². The monoisotopic (exact) mass is 168 g/mol. The number of para-hydroxylation sites is 1. The van der Waals surface area contributed by atoms with E-state index in [4.69, 9.17) is 5.21 Å². The summed E-state index contributed by atoms with van der Waals surface area (Å²) in [5.41, 5.74) is 0.359. The van der Waals surface area contributed by atoms with Crippen molar-refractivity contribution < 1.29 is 5.21 Å². The molecule has 11 heavy (non-hydrogen) atoms. The lowest BCUT2D eigenvalue weighted by Crippen LogP contribution is -2.06. The quantitative estimate of drug-likeness (QED) is 0.394. The first-order valence-corrected chi connectivity index (χ1v) is 2.72. The fraction of sp³-hybridized carbons (Fsp3) is 0. The molecule has 1 aromatic carbocycles. The second-order valence-corrected chi connectivity index (χ2v) is 1.71. The lowest BCUT2D eigenvalue weighted by atomic mass is 10.3. The first-order valence-electron chi connectivity index (χ1n) is 2.72. The van der Waals surface area contributed by atoms with Crippen LogP contribution in [0.3, 0.4) is 0 Å². The van der Waals surface area contributed by atoms with Gasteiger partial charge in [0.1, 0.15) is 0 Å². The second kappa shape index (κ2) is 4.86. The molecule has 0 spiro atoms. The molecule has 0 fully saturated rings. The summed E-state index contributed by atoms with van der Waals surface area (Å²) in [7, 11) is 0. The van der Waals surface area contributed by atoms with Crippen molar-refractivity contribution >= 4 is 23.0 Å². The predicted molar refractivity (Wildman–Crippen MR) is 46.4 cm³/mol. The standard InChI is InChI=1S/C6H6N2O2.Al.3H/c9-7-8(10)6-4-2-1-3-5-6;;;;/h1-5,10H;;;;. The zero-order valence-corrected chi connectivity index (χ0v) is 5.14. The first-order chi connectivity index (χ1) is 4.84. The lowest BCUT2D eigenvalue weighted by Gasteiger charge is -2.03. The highest BCUT2D eigenvalue weighted by Crippen LogP contribution is 2.09. The molecule has 0 heterocycles. The van der Waals surface area contributed by atoms with Gasteiger partial charge in [0, 0.05) is 0 Å². The van der Waals surface area contributed by atoms with Crippen molar-refractivity contribution in [1.29, 1.82) is 0 Å². The molecular weight excluding hydrogens is 159 g/mol. The van der Waals surface area contributed by atoms with E-state index >= 15 is 0 Å². The molecule has 0 atom stereocenters. The summed E-state index contributed by atoms with van der Waals surface area (Å²) >= 11 is 0. The number of rotatable bonds is 2. The largest absolute Gasteiger partial charge is 0.265 e. The van der Waals surface area contributed by atoms with E-state index < -0.39 is 0 Å². The Morgan fingerprint density at radius 2 is 1.82 bits per heavy atom. The molecule has 0 aliphatic rings. The third-order valence-electron chi connectivity index (χ3n) is 1.06. The third-order valence-corrected chi connectivity index (χ3v) is 1.06. The maximum absolute atomic E-state index is 9.73. The van der Waals surface area contributed by atoms with Crippen molar-refractivity contribution in [3.05, 3.63) is 35.2 Å². The van der Waals surface area contributed by atoms with Gasteiger partial charge in [-0.2, -0.15) is 0 Å². The Balaban J connectivity index is 0.000001000. The number of nitroso groups, excluding NO2 is 1. The Morgan fingerprint density at radius 3 is 2.27 bits per heavy atom. The fourth-order valence-electron chi connectivity index (χ4n) is 0.608. The summed E-state index contributed by atoms with van der Waals surface area (Å²) in [6, 6.07) is 8.32. The first kappa shape index (κ1) is 10.1. The van der Waals surface area contributed by atoms with Gasteiger partial charge in [-0.15, -0.1) is 10.1 Å². The third kappa shape index (κ3) is 2.68. The Kier molecular flexibility index (Phi) is 4.46. The normalized spacial score (nSPS) is 8.09. The van der Waals surface area contributed by atoms with Gasteiger partial charge in [-0.3, -0.25) is 5.21 Å². The van der Waals surface area contributed by atoms with Crippen LogP contribution in [0, 0.1) is 4.91 Å². The molecule has 0 saturated heterocycles. The van der Waals surface area contributed by atoms with Gasteiger partial charge in [-0.05, 0) is 12.1 Å². The van der Waals surface area contributed by atoms with Crippen molar-refractivity contribution in [2.45, 2.75) is 0 Å². The summed E-state index contributed by atoms with van der Waals surface area (Å²) in [6.07, 6.45) is 0. The van der Waals surface area contributed by atoms with Crippen molar-refractivity contribution in [2.75, 3.05) is 5.17 Å². The number of nitrogens with zero attached hydrogens (tertiary/aromatic N) is 2. The number of benzene rings is 1. The number of hydrogen-bond donors (Lipinski definition) is 1. The highest BCUT2D eigenvalue weighted by Gasteiger charge is 1.97. The molecule has 1 aromatic rings. The molecule has 1 rings (SSSR count). The maximum Gasteiger partial charge on any atom is 0.187 e. The summed E-state index contributed by atoms with van der Waals surface area (Å²) in [6.45, 7) is 0. The van der Waals surface area contributed by atoms with Crippen molar-refractivity contribution in [2.24, 2.45) is 5.29 Å². The van der Waals surface area contributed by atoms with E-state index in [0.717, 1.165) is 0 Å². The molecule has 0 amide bonds. The maximum atomic E-state index is 9.73. The van der Waals surface area contributed by atoms with Crippen molar-refractivity contribution in [1.82, 2.24) is 0 Å². The molecule has 4 nitrogen and oxygen atoms in total. The smallest absolute Gasteiger partial charge is 0.187 e. The Morgan fingerprint density at radius 1 is 1.27 bits per heavy atom. The van der Waals surface area contributed by atoms with Crippen LogP contribution in [0.4, 0.5) is 5.69 Å². The molecule has 58 valence electrons. The van der Waals surface area contributed by atoms with E-state index in [9.17, 15) is 4.91 Å². The van der Waals surface area contributed by atoms with Crippen LogP contribution >= 0.6 is 0 Å². The lowest BCUT2D eigenvalue weighted by molar-refractivity contribution is 0.258. The minimum Gasteiger partial charge on any atom is -0.265 e. The number of hydrogen-bond acceptors (Lipinski definition) is 3. The van der Waals surface area contributed by atoms with Gasteiger partial charge in [0.2, 0.25) is 0 Å². The highest BCUT2D eigenvalue weighted by atomic mass is 27.0. The fourth-order valence-corrected chi connectivity index (χ4v) is 0.608. The van der Waals surface area contributed by atoms with Crippen LogP contribution in [0.15, 0.2) is 35.6 Å². The van der Waals surface area contributed by atoms with E-state index in [1.54, 1.807) is 30.3 Å². The van der Waals surface area contributed by atoms with E-state index in [2.05, 4.69) is 5.29 Å². The van der Waals surface area contributed by atoms with Crippen LogP contribution in [0.1, 0.15) is 0 Å². The molecule has 0 bridgehead atoms. The molecule has 0 radical (unpaired) electrons. The summed E-state index contributed by atoms with van der Waals surface area (Å²) in [4.78, 5) is 9.73. The number of anilines is 1. The summed E-state index contributed by atoms with van der Waals surface area (Å²) in [5.74, 6) is 0. The SMILES string of the molecule is O=NN(O)c1ccccc1.[AlH3]. The predicted octanol–water partition coefficient (Wildman–Crippen LogP) is 0.380. The van der Waals surface area contributed by atoms with E-state index in [-0.39, 0.29) is 22.5 Å². The molecule has 0 aliphatic carbocycles. The molecule has 0 aliphatic heterocycles. The molecule has 5 heteroatoms. The van der Waals surface area contributed by atoms with E-state index in [1.807, 2.05) is 0 Å². The molecule has 1 N–H and O–H groups in total. The summed E-state index contributed by atoms with van der Waals surface area (Å²) in [5, 5.41) is 11.3. The van der Waals surface area contributed by atoms with Gasteiger partial charge >= 0.3 is 0 Å². The average molecular weight is 168 g/mol. The molecule has 0 aromatic heterocycles. The zero-order valence-electron chi connectivity index (χ0n) is 5.14. The second-order valence-electron chi connectivity index (χ2n) is 1.71. The van der Waals surface area contributed by atoms with Gasteiger partial charge in [-0.25, -0.2) is 0 Å². The van der Waals surface area contributed by atoms with Gasteiger partial charge in [-0.1, -0.05) is 18.2 Å². The zero-order chi connectivity index (χ0) is 7.40. The Bertz CT molecular complexity index is 217. The Labute approximate surface area is 74.5 Å². The van der Waals surface area contributed by atoms with Gasteiger partial charge < -0.3 is 0 Å². The molecular formula is C6H9AlN2O2. The minimum absolute atomic E-state index is 0. The van der Waals surface area contributed by atoms with Crippen molar-refractivity contribution in [3.8, 4) is 0 Å². The van der Waals surface area contributed by atoms with Crippen LogP contribution in [-0.2, 0) is 0 Å². The summed E-state index contributed by atoms with van der Waals surface area (Å²) < 4.78 is 0. The van der Waals surface area contributed by atoms with Crippen LogP contribution in [0.2, 0.25) is 0 Å². The van der Waals surface area contributed by atoms with Gasteiger partial charge in [0.05, 0.1) is 11.0 Å². The van der Waals surface area contributed by atoms with Gasteiger partial charge in [0.25, 0.3) is 0 Å². The van der Waals surface area contributed by atoms with Crippen LogP contribution in [0.5, 0.6) is 0 Å². The average Bonchev–Trinajstić information content (AvgIpc) is 2.05. The highest BCUT2D eigenvalue weighted by molar-refractivity contribution is 5.75. The van der Waals surface area contributed by atoms with Gasteiger partial charge in [0.15, 0.2) is 17.4 Å². The van der Waals surface area contributed by atoms with Crippen LogP contribution in [-0.4, -0.2) is 22.6 Å². The van der Waals surface area contributed by atoms with E-state index in [0.29, 0.717) is 5.69 Å². The van der Waals surface area contributed by atoms with E-state index in [1.165, 1.54) is 0 Å². The molecule has 0 unspecified atom stereocenters.